The largest absolute Gasteiger partial charge is 0.391 e. The molecule has 1 aromatic carbocycles. The summed E-state index contributed by atoms with van der Waals surface area (Å²) in [5.41, 5.74) is 0.810. The van der Waals surface area contributed by atoms with E-state index < -0.39 is 6.10 Å². The van der Waals surface area contributed by atoms with Crippen LogP contribution in [-0.2, 0) is 0 Å². The van der Waals surface area contributed by atoms with Crippen LogP contribution in [0.4, 0.5) is 4.39 Å². The van der Waals surface area contributed by atoms with Gasteiger partial charge in [-0.15, -0.1) is 0 Å². The van der Waals surface area contributed by atoms with Gasteiger partial charge in [0.1, 0.15) is 5.82 Å². The third kappa shape index (κ3) is 2.72. The third-order valence-electron chi connectivity index (χ3n) is 3.16. The highest BCUT2D eigenvalue weighted by molar-refractivity contribution is 9.10. The number of rotatable bonds is 1. The average molecular weight is 316 g/mol. The number of carbonyl (C=O) groups is 1. The molecule has 0 spiro atoms. The second kappa shape index (κ2) is 5.36. The van der Waals surface area contributed by atoms with Crippen LogP contribution in [0.2, 0.25) is 0 Å². The molecule has 1 atom stereocenters. The molecule has 0 radical (unpaired) electrons. The number of aryl methyl sites for hydroxylation is 1. The van der Waals surface area contributed by atoms with E-state index in [2.05, 4.69) is 15.9 Å². The van der Waals surface area contributed by atoms with E-state index in [4.69, 9.17) is 0 Å². The van der Waals surface area contributed by atoms with Gasteiger partial charge in [0.25, 0.3) is 5.91 Å². The van der Waals surface area contributed by atoms with Crippen molar-refractivity contribution in [1.29, 1.82) is 0 Å². The number of aliphatic hydroxyl groups excluding tert-OH is 1. The Kier molecular flexibility index (Phi) is 4.02. The normalized spacial score (nSPS) is 20.0. The Bertz CT molecular complexity index is 478. The minimum atomic E-state index is -0.475. The number of piperidine rings is 1. The molecular formula is C13H15BrFNO2. The van der Waals surface area contributed by atoms with Crippen LogP contribution >= 0.6 is 15.9 Å². The van der Waals surface area contributed by atoms with Gasteiger partial charge in [-0.05, 0) is 53.4 Å². The number of halogens is 2. The average Bonchev–Trinajstić information content (AvgIpc) is 2.33. The smallest absolute Gasteiger partial charge is 0.255 e. The number of hydrogen-bond acceptors (Lipinski definition) is 2. The topological polar surface area (TPSA) is 40.5 Å². The molecule has 1 unspecified atom stereocenters. The molecular weight excluding hydrogens is 301 g/mol. The van der Waals surface area contributed by atoms with Crippen LogP contribution in [0.15, 0.2) is 16.6 Å². The fourth-order valence-electron chi connectivity index (χ4n) is 2.12. The molecule has 1 aromatic rings. The van der Waals surface area contributed by atoms with E-state index in [9.17, 15) is 14.3 Å². The Balaban J connectivity index is 2.25. The summed E-state index contributed by atoms with van der Waals surface area (Å²) in [7, 11) is 0. The molecule has 0 bridgehead atoms. The van der Waals surface area contributed by atoms with Crippen molar-refractivity contribution in [2.24, 2.45) is 0 Å². The SMILES string of the molecule is Cc1cc(Br)c(C(=O)N2CCCC(O)C2)cc1F. The zero-order valence-electron chi connectivity index (χ0n) is 10.1. The van der Waals surface area contributed by atoms with Gasteiger partial charge >= 0.3 is 0 Å². The van der Waals surface area contributed by atoms with Gasteiger partial charge in [0.2, 0.25) is 0 Å². The van der Waals surface area contributed by atoms with Gasteiger partial charge < -0.3 is 10.0 Å². The first kappa shape index (κ1) is 13.5. The van der Waals surface area contributed by atoms with Crippen LogP contribution < -0.4 is 0 Å². The first-order chi connectivity index (χ1) is 8.49. The lowest BCUT2D eigenvalue weighted by atomic mass is 10.1. The van der Waals surface area contributed by atoms with Gasteiger partial charge in [0, 0.05) is 17.6 Å². The molecule has 1 fully saturated rings. The molecule has 1 aliphatic rings. The van der Waals surface area contributed by atoms with Gasteiger partial charge in [0.05, 0.1) is 11.7 Å². The van der Waals surface area contributed by atoms with Crippen molar-refractivity contribution in [3.63, 3.8) is 0 Å². The molecule has 1 aliphatic heterocycles. The molecule has 2 rings (SSSR count). The van der Waals surface area contributed by atoms with Crippen molar-refractivity contribution in [2.45, 2.75) is 25.9 Å². The lowest BCUT2D eigenvalue weighted by molar-refractivity contribution is 0.0472. The first-order valence-corrected chi connectivity index (χ1v) is 6.71. The lowest BCUT2D eigenvalue weighted by Gasteiger charge is -2.30. The molecule has 1 N–H and O–H groups in total. The van der Waals surface area contributed by atoms with E-state index in [0.717, 1.165) is 6.42 Å². The van der Waals surface area contributed by atoms with Crippen molar-refractivity contribution in [1.82, 2.24) is 4.90 Å². The van der Waals surface area contributed by atoms with Gasteiger partial charge in [-0.2, -0.15) is 0 Å². The predicted octanol–water partition coefficient (Wildman–Crippen LogP) is 2.49. The molecule has 0 aliphatic carbocycles. The van der Waals surface area contributed by atoms with Gasteiger partial charge in [-0.1, -0.05) is 0 Å². The van der Waals surface area contributed by atoms with Crippen molar-refractivity contribution in [3.8, 4) is 0 Å². The molecule has 18 heavy (non-hydrogen) atoms. The standard InChI is InChI=1S/C13H15BrFNO2/c1-8-5-11(14)10(6-12(8)15)13(18)16-4-2-3-9(17)7-16/h5-6,9,17H,2-4,7H2,1H3. The zero-order valence-corrected chi connectivity index (χ0v) is 11.7. The summed E-state index contributed by atoms with van der Waals surface area (Å²) >= 11 is 3.29. The van der Waals surface area contributed by atoms with Crippen LogP contribution in [0.25, 0.3) is 0 Å². The van der Waals surface area contributed by atoms with Gasteiger partial charge in [-0.3, -0.25) is 4.79 Å². The van der Waals surface area contributed by atoms with Crippen LogP contribution in [0.1, 0.15) is 28.8 Å². The monoisotopic (exact) mass is 315 g/mol. The fourth-order valence-corrected chi connectivity index (χ4v) is 2.75. The number of nitrogens with zero attached hydrogens (tertiary/aromatic N) is 1. The van der Waals surface area contributed by atoms with Crippen molar-refractivity contribution in [2.75, 3.05) is 13.1 Å². The van der Waals surface area contributed by atoms with Crippen LogP contribution in [0.5, 0.6) is 0 Å². The van der Waals surface area contributed by atoms with Crippen molar-refractivity contribution >= 4 is 21.8 Å². The van der Waals surface area contributed by atoms with Crippen molar-refractivity contribution < 1.29 is 14.3 Å². The van der Waals surface area contributed by atoms with E-state index in [1.54, 1.807) is 17.9 Å². The quantitative estimate of drug-likeness (QED) is 0.865. The molecule has 0 aromatic heterocycles. The number of hydrogen-bond donors (Lipinski definition) is 1. The van der Waals surface area contributed by atoms with Crippen LogP contribution in [0, 0.1) is 12.7 Å². The van der Waals surface area contributed by atoms with Gasteiger partial charge in [-0.25, -0.2) is 4.39 Å². The summed E-state index contributed by atoms with van der Waals surface area (Å²) in [6, 6.07) is 2.85. The fraction of sp³-hybridized carbons (Fsp3) is 0.462. The maximum atomic E-state index is 13.5. The Hall–Kier alpha value is -0.940. The number of likely N-dealkylation sites (tertiary alicyclic amines) is 1. The maximum Gasteiger partial charge on any atom is 0.255 e. The third-order valence-corrected chi connectivity index (χ3v) is 3.82. The Morgan fingerprint density at radius 3 is 2.94 bits per heavy atom. The van der Waals surface area contributed by atoms with Gasteiger partial charge in [0.15, 0.2) is 0 Å². The second-order valence-corrected chi connectivity index (χ2v) is 5.48. The van der Waals surface area contributed by atoms with Crippen molar-refractivity contribution in [3.05, 3.63) is 33.5 Å². The van der Waals surface area contributed by atoms with E-state index in [0.29, 0.717) is 35.1 Å². The van der Waals surface area contributed by atoms with Crippen LogP contribution in [-0.4, -0.2) is 35.1 Å². The Labute approximate surface area is 114 Å². The lowest BCUT2D eigenvalue weighted by Crippen LogP contribution is -2.42. The number of aliphatic hydroxyl groups is 1. The van der Waals surface area contributed by atoms with Crippen LogP contribution in [0.3, 0.4) is 0 Å². The summed E-state index contributed by atoms with van der Waals surface area (Å²) in [6.45, 7) is 2.58. The first-order valence-electron chi connectivity index (χ1n) is 5.92. The molecule has 98 valence electrons. The highest BCUT2D eigenvalue weighted by Gasteiger charge is 2.24. The predicted molar refractivity (Wildman–Crippen MR) is 70.0 cm³/mol. The summed E-state index contributed by atoms with van der Waals surface area (Å²) in [5.74, 6) is -0.626. The summed E-state index contributed by atoms with van der Waals surface area (Å²) < 4.78 is 14.1. The highest BCUT2D eigenvalue weighted by atomic mass is 79.9. The van der Waals surface area contributed by atoms with E-state index in [-0.39, 0.29) is 11.7 Å². The summed E-state index contributed by atoms with van der Waals surface area (Å²) in [5, 5.41) is 9.56. The molecule has 0 saturated carbocycles. The summed E-state index contributed by atoms with van der Waals surface area (Å²) in [4.78, 5) is 13.8. The highest BCUT2D eigenvalue weighted by Crippen LogP contribution is 2.23. The molecule has 1 heterocycles. The summed E-state index contributed by atoms with van der Waals surface area (Å²) in [6.07, 6.45) is 1.02. The van der Waals surface area contributed by atoms with E-state index in [1.165, 1.54) is 6.07 Å². The molecule has 5 heteroatoms. The number of β-amino-alcohol motifs (C(OH)–C–C–N with tert-alkyl or cyclic N) is 1. The number of carbonyl (C=O) groups excluding carboxylic acids is 1. The molecule has 1 amide bonds. The zero-order chi connectivity index (χ0) is 13.3. The van der Waals surface area contributed by atoms with E-state index in [1.807, 2.05) is 0 Å². The molecule has 1 saturated heterocycles. The minimum absolute atomic E-state index is 0.237. The molecule has 3 nitrogen and oxygen atoms in total. The minimum Gasteiger partial charge on any atom is -0.391 e. The Morgan fingerprint density at radius 1 is 1.56 bits per heavy atom. The number of amides is 1. The van der Waals surface area contributed by atoms with E-state index >= 15 is 0 Å². The maximum absolute atomic E-state index is 13.5. The number of benzene rings is 1. The second-order valence-electron chi connectivity index (χ2n) is 4.63. The Morgan fingerprint density at radius 2 is 2.28 bits per heavy atom.